The monoisotopic (exact) mass is 320 g/mol. The fraction of sp³-hybridized carbons (Fsp3) is 0.500. The number of thiophene rings is 1. The number of aromatic nitrogens is 4. The first kappa shape index (κ1) is 13.5. The molecule has 1 aliphatic rings. The molecule has 0 N–H and O–H groups in total. The molecule has 0 aliphatic carbocycles. The van der Waals surface area contributed by atoms with Crippen molar-refractivity contribution in [1.82, 2.24) is 19.6 Å². The van der Waals surface area contributed by atoms with Crippen molar-refractivity contribution < 1.29 is 4.74 Å². The largest absolute Gasteiger partial charge is 0.370 e. The average Bonchev–Trinajstić information content (AvgIpc) is 2.97. The van der Waals surface area contributed by atoms with Crippen LogP contribution in [0, 0.1) is 0 Å². The van der Waals surface area contributed by atoms with Gasteiger partial charge in [0.25, 0.3) is 0 Å². The normalized spacial score (nSPS) is 17.5. The summed E-state index contributed by atoms with van der Waals surface area (Å²) in [6.07, 6.45) is 2.66. The molecule has 0 saturated carbocycles. The molecule has 3 aromatic heterocycles. The van der Waals surface area contributed by atoms with Crippen LogP contribution in [-0.4, -0.2) is 30.9 Å². The van der Waals surface area contributed by atoms with Crippen LogP contribution < -0.4 is 0 Å². The molecule has 5 nitrogen and oxygen atoms in total. The van der Waals surface area contributed by atoms with Crippen LogP contribution in [-0.2, 0) is 17.8 Å². The van der Waals surface area contributed by atoms with Crippen LogP contribution in [0.15, 0.2) is 11.5 Å². The van der Waals surface area contributed by atoms with Gasteiger partial charge in [-0.2, -0.15) is 0 Å². The van der Waals surface area contributed by atoms with Crippen molar-refractivity contribution in [2.45, 2.75) is 44.6 Å². The molecule has 0 amide bonds. The smallest absolute Gasteiger partial charge is 0.209 e. The maximum absolute atomic E-state index is 5.91. The number of nitrogens with zero attached hydrogens (tertiary/aromatic N) is 4. The van der Waals surface area contributed by atoms with Gasteiger partial charge in [0.15, 0.2) is 5.65 Å². The zero-order valence-corrected chi connectivity index (χ0v) is 13.8. The second kappa shape index (κ2) is 4.66. The molecule has 0 spiro atoms. The molecule has 0 aromatic carbocycles. The fourth-order valence-corrected chi connectivity index (χ4v) is 4.33. The summed E-state index contributed by atoms with van der Waals surface area (Å²) in [5.74, 6) is 0.968. The minimum Gasteiger partial charge on any atom is -0.370 e. The molecule has 0 bridgehead atoms. The van der Waals surface area contributed by atoms with E-state index in [1.165, 1.54) is 10.4 Å². The van der Waals surface area contributed by atoms with Gasteiger partial charge in [0.1, 0.15) is 11.2 Å². The lowest BCUT2D eigenvalue weighted by atomic mass is 9.94. The van der Waals surface area contributed by atoms with Crippen LogP contribution in [0.2, 0.25) is 0 Å². The molecular formula is C14H16N4OS2. The lowest BCUT2D eigenvalue weighted by Gasteiger charge is -2.30. The van der Waals surface area contributed by atoms with Gasteiger partial charge in [-0.05, 0) is 25.2 Å². The molecule has 1 aliphatic heterocycles. The van der Waals surface area contributed by atoms with Crippen molar-refractivity contribution in [2.24, 2.45) is 0 Å². The van der Waals surface area contributed by atoms with Crippen molar-refractivity contribution >= 4 is 39.0 Å². The van der Waals surface area contributed by atoms with Crippen molar-refractivity contribution in [1.29, 1.82) is 0 Å². The quantitative estimate of drug-likeness (QED) is 0.678. The average molecular weight is 320 g/mol. The molecule has 110 valence electrons. The molecule has 0 radical (unpaired) electrons. The van der Waals surface area contributed by atoms with Gasteiger partial charge in [-0.3, -0.25) is 0 Å². The van der Waals surface area contributed by atoms with Gasteiger partial charge in [0.05, 0.1) is 17.6 Å². The Morgan fingerprint density at radius 1 is 1.48 bits per heavy atom. The predicted octanol–water partition coefficient (Wildman–Crippen LogP) is 3.30. The van der Waals surface area contributed by atoms with E-state index in [-0.39, 0.29) is 5.60 Å². The molecule has 3 aromatic rings. The topological polar surface area (TPSA) is 52.3 Å². The number of thioether (sulfide) groups is 1. The van der Waals surface area contributed by atoms with Gasteiger partial charge in [-0.1, -0.05) is 18.7 Å². The van der Waals surface area contributed by atoms with E-state index < -0.39 is 0 Å². The molecular weight excluding hydrogens is 304 g/mol. The number of hydrogen-bond donors (Lipinski definition) is 0. The third-order valence-corrected chi connectivity index (χ3v) is 5.50. The summed E-state index contributed by atoms with van der Waals surface area (Å²) >= 11 is 3.37. The van der Waals surface area contributed by atoms with E-state index in [1.54, 1.807) is 33.9 Å². The summed E-state index contributed by atoms with van der Waals surface area (Å²) in [4.78, 5) is 11.6. The van der Waals surface area contributed by atoms with Crippen molar-refractivity contribution in [3.05, 3.63) is 16.8 Å². The van der Waals surface area contributed by atoms with Crippen LogP contribution >= 0.6 is 23.1 Å². The van der Waals surface area contributed by atoms with Crippen molar-refractivity contribution in [3.8, 4) is 0 Å². The highest BCUT2D eigenvalue weighted by molar-refractivity contribution is 7.99. The first-order valence-corrected chi connectivity index (χ1v) is 8.80. The van der Waals surface area contributed by atoms with E-state index >= 15 is 0 Å². The summed E-state index contributed by atoms with van der Waals surface area (Å²) in [6.45, 7) is 7.04. The zero-order chi connectivity index (χ0) is 14.6. The maximum Gasteiger partial charge on any atom is 0.209 e. The second-order valence-corrected chi connectivity index (χ2v) is 8.06. The van der Waals surface area contributed by atoms with Crippen molar-refractivity contribution in [2.75, 3.05) is 5.75 Å². The predicted molar refractivity (Wildman–Crippen MR) is 85.1 cm³/mol. The minimum absolute atomic E-state index is 0.130. The second-order valence-electron chi connectivity index (χ2n) is 5.75. The summed E-state index contributed by atoms with van der Waals surface area (Å²) in [7, 11) is 0. The summed E-state index contributed by atoms with van der Waals surface area (Å²) in [5.41, 5.74) is 2.13. The Morgan fingerprint density at radius 3 is 3.14 bits per heavy atom. The van der Waals surface area contributed by atoms with Crippen LogP contribution in [0.4, 0.5) is 0 Å². The molecule has 4 rings (SSSR count). The Kier molecular flexibility index (Phi) is 2.99. The Bertz CT molecular complexity index is 836. The van der Waals surface area contributed by atoms with Gasteiger partial charge in [-0.25, -0.2) is 14.5 Å². The fourth-order valence-electron chi connectivity index (χ4n) is 2.71. The Hall–Kier alpha value is -1.18. The molecule has 0 atom stereocenters. The Balaban J connectivity index is 1.99. The first-order chi connectivity index (χ1) is 10.1. The highest BCUT2D eigenvalue weighted by Gasteiger charge is 2.30. The number of hydrogen-bond acceptors (Lipinski definition) is 6. The standard InChI is InChI=1S/C14H16N4OS2/c1-4-20-13-16-11-10-8-5-14(2,3)19-6-9(8)21-12(10)15-7-18(11)17-13/h7H,4-6H2,1-3H3. The molecule has 7 heteroatoms. The van der Waals surface area contributed by atoms with Gasteiger partial charge in [0, 0.05) is 11.3 Å². The third-order valence-electron chi connectivity index (χ3n) is 3.66. The Morgan fingerprint density at radius 2 is 2.33 bits per heavy atom. The number of fused-ring (bicyclic) bond motifs is 5. The van der Waals surface area contributed by atoms with Gasteiger partial charge in [-0.15, -0.1) is 16.4 Å². The third kappa shape index (κ3) is 2.15. The van der Waals surface area contributed by atoms with Crippen LogP contribution in [0.5, 0.6) is 0 Å². The van der Waals surface area contributed by atoms with E-state index in [0.29, 0.717) is 6.61 Å². The van der Waals surface area contributed by atoms with Crippen LogP contribution in [0.3, 0.4) is 0 Å². The number of ether oxygens (including phenoxy) is 1. The maximum atomic E-state index is 5.91. The SMILES string of the molecule is CCSc1nc2c3c4c(sc3ncn2n1)COC(C)(C)C4. The van der Waals surface area contributed by atoms with E-state index in [4.69, 9.17) is 9.72 Å². The lowest BCUT2D eigenvalue weighted by molar-refractivity contribution is -0.0379. The van der Waals surface area contributed by atoms with E-state index in [0.717, 1.165) is 33.2 Å². The molecule has 21 heavy (non-hydrogen) atoms. The highest BCUT2D eigenvalue weighted by atomic mass is 32.2. The molecule has 0 saturated heterocycles. The highest BCUT2D eigenvalue weighted by Crippen LogP contribution is 2.39. The molecule has 0 unspecified atom stereocenters. The van der Waals surface area contributed by atoms with E-state index in [1.807, 2.05) is 0 Å². The van der Waals surface area contributed by atoms with E-state index in [2.05, 4.69) is 30.9 Å². The first-order valence-electron chi connectivity index (χ1n) is 7.00. The van der Waals surface area contributed by atoms with Gasteiger partial charge in [0.2, 0.25) is 5.16 Å². The van der Waals surface area contributed by atoms with Crippen LogP contribution in [0.25, 0.3) is 15.9 Å². The van der Waals surface area contributed by atoms with Crippen molar-refractivity contribution in [3.63, 3.8) is 0 Å². The Labute approximate surface area is 130 Å². The summed E-state index contributed by atoms with van der Waals surface area (Å²) < 4.78 is 7.71. The summed E-state index contributed by atoms with van der Waals surface area (Å²) in [5, 5.41) is 6.47. The minimum atomic E-state index is -0.130. The van der Waals surface area contributed by atoms with Gasteiger partial charge < -0.3 is 4.74 Å². The summed E-state index contributed by atoms with van der Waals surface area (Å²) in [6, 6.07) is 0. The van der Waals surface area contributed by atoms with E-state index in [9.17, 15) is 0 Å². The molecule has 0 fully saturated rings. The number of rotatable bonds is 2. The lowest BCUT2D eigenvalue weighted by Crippen LogP contribution is -2.31. The molecule has 4 heterocycles. The van der Waals surface area contributed by atoms with Crippen LogP contribution in [0.1, 0.15) is 31.2 Å². The van der Waals surface area contributed by atoms with Gasteiger partial charge >= 0.3 is 0 Å². The zero-order valence-electron chi connectivity index (χ0n) is 12.2.